The van der Waals surface area contributed by atoms with Crippen molar-refractivity contribution in [3.05, 3.63) is 192 Å². The van der Waals surface area contributed by atoms with Gasteiger partial charge in [-0.25, -0.2) is 0 Å². The van der Waals surface area contributed by atoms with Gasteiger partial charge in [0.05, 0.1) is 23.3 Å². The first kappa shape index (κ1) is 33.8. The van der Waals surface area contributed by atoms with Gasteiger partial charge in [0, 0.05) is 20.2 Å². The molecule has 0 aliphatic rings. The Labute approximate surface area is 325 Å². The third-order valence-electron chi connectivity index (χ3n) is 10.6. The molecule has 0 saturated carbocycles. The van der Waals surface area contributed by atoms with Gasteiger partial charge in [-0.15, -0.1) is 11.3 Å². The normalized spacial score (nSPS) is 11.1. The minimum absolute atomic E-state index is 0.625. The van der Waals surface area contributed by atoms with Crippen LogP contribution in [0, 0.1) is 36.5 Å². The second kappa shape index (κ2) is 14.1. The summed E-state index contributed by atoms with van der Waals surface area (Å²) in [7, 11) is 0. The van der Waals surface area contributed by atoms with Crippen LogP contribution in [-0.4, -0.2) is 0 Å². The van der Waals surface area contributed by atoms with Crippen LogP contribution in [0.3, 0.4) is 0 Å². The van der Waals surface area contributed by atoms with E-state index in [0.29, 0.717) is 11.1 Å². The lowest BCUT2D eigenvalue weighted by atomic mass is 9.91. The third-order valence-corrected chi connectivity index (χ3v) is 11.7. The van der Waals surface area contributed by atoms with Gasteiger partial charge >= 0.3 is 0 Å². The van der Waals surface area contributed by atoms with Gasteiger partial charge in [0.1, 0.15) is 0 Å². The predicted octanol–water partition coefficient (Wildman–Crippen LogP) is 14.4. The highest BCUT2D eigenvalue weighted by molar-refractivity contribution is 7.25. The van der Waals surface area contributed by atoms with E-state index in [1.807, 2.05) is 24.3 Å². The summed E-state index contributed by atoms with van der Waals surface area (Å²) in [5, 5.41) is 22.7. The molecule has 0 saturated heterocycles. The van der Waals surface area contributed by atoms with Crippen LogP contribution in [0.2, 0.25) is 0 Å². The minimum atomic E-state index is 0.625. The number of rotatable bonds is 6. The van der Waals surface area contributed by atoms with Crippen LogP contribution in [0.4, 0.5) is 0 Å². The first-order valence-corrected chi connectivity index (χ1v) is 19.2. The molecule has 258 valence electrons. The van der Waals surface area contributed by atoms with E-state index < -0.39 is 0 Å². The van der Waals surface area contributed by atoms with Crippen molar-refractivity contribution in [3.8, 4) is 78.9 Å². The van der Waals surface area contributed by atoms with Gasteiger partial charge in [0.15, 0.2) is 0 Å². The highest BCUT2D eigenvalue weighted by Gasteiger charge is 2.13. The summed E-state index contributed by atoms with van der Waals surface area (Å²) in [6.07, 6.45) is 0. The summed E-state index contributed by atoms with van der Waals surface area (Å²) in [5.74, 6) is 0. The number of fused-ring (bicyclic) bond motifs is 3. The summed E-state index contributed by atoms with van der Waals surface area (Å²) >= 11 is 1.80. The van der Waals surface area contributed by atoms with Crippen molar-refractivity contribution >= 4 is 31.5 Å². The van der Waals surface area contributed by atoms with Gasteiger partial charge in [-0.2, -0.15) is 10.5 Å². The topological polar surface area (TPSA) is 47.6 Å². The number of nitriles is 2. The second-order valence-corrected chi connectivity index (χ2v) is 15.2. The van der Waals surface area contributed by atoms with Gasteiger partial charge < -0.3 is 0 Å². The summed E-state index contributed by atoms with van der Waals surface area (Å²) in [6.45, 7) is 4.30. The number of thiophene rings is 1. The number of nitrogens with zero attached hydrogens (tertiary/aromatic N) is 2. The van der Waals surface area contributed by atoms with Crippen LogP contribution in [-0.2, 0) is 0 Å². The number of benzene rings is 8. The van der Waals surface area contributed by atoms with Crippen molar-refractivity contribution in [2.24, 2.45) is 0 Å². The van der Waals surface area contributed by atoms with E-state index in [1.54, 1.807) is 11.3 Å². The summed E-state index contributed by atoms with van der Waals surface area (Å²) < 4.78 is 2.52. The molecule has 2 nitrogen and oxygen atoms in total. The molecule has 0 bridgehead atoms. The Morgan fingerprint density at radius 1 is 0.345 bits per heavy atom. The van der Waals surface area contributed by atoms with E-state index in [-0.39, 0.29) is 0 Å². The summed E-state index contributed by atoms with van der Waals surface area (Å²) in [4.78, 5) is 0. The van der Waals surface area contributed by atoms with Gasteiger partial charge in [-0.3, -0.25) is 0 Å². The number of hydrogen-bond acceptors (Lipinski definition) is 3. The van der Waals surface area contributed by atoms with Crippen LogP contribution in [0.1, 0.15) is 22.3 Å². The zero-order chi connectivity index (χ0) is 37.5. The smallest absolute Gasteiger partial charge is 0.0992 e. The van der Waals surface area contributed by atoms with Gasteiger partial charge in [-0.05, 0) is 152 Å². The van der Waals surface area contributed by atoms with E-state index in [4.69, 9.17) is 0 Å². The maximum Gasteiger partial charge on any atom is 0.0992 e. The largest absolute Gasteiger partial charge is 0.192 e. The Balaban J connectivity index is 1.05. The summed E-state index contributed by atoms with van der Waals surface area (Å²) in [6, 6.07) is 64.3. The molecule has 1 heterocycles. The number of hydrogen-bond donors (Lipinski definition) is 0. The van der Waals surface area contributed by atoms with Crippen molar-refractivity contribution in [1.29, 1.82) is 10.5 Å². The SMILES string of the molecule is Cc1ccccc1-c1ccc(-c2cc(C#N)cc(-c3cccc(-c4cccc(-c5cc(C#N)cc(-c6ccc7c(c6)sc6ccccc67)c5)c4)c3)c2)cc1C. The van der Waals surface area contributed by atoms with Gasteiger partial charge in [0.25, 0.3) is 0 Å². The van der Waals surface area contributed by atoms with Crippen LogP contribution in [0.15, 0.2) is 170 Å². The Morgan fingerprint density at radius 2 is 0.800 bits per heavy atom. The predicted molar refractivity (Wildman–Crippen MR) is 231 cm³/mol. The Kier molecular flexibility index (Phi) is 8.64. The van der Waals surface area contributed by atoms with Crippen LogP contribution < -0.4 is 0 Å². The fourth-order valence-corrected chi connectivity index (χ4v) is 8.88. The lowest BCUT2D eigenvalue weighted by Crippen LogP contribution is -1.90. The molecule has 9 rings (SSSR count). The molecule has 1 aromatic heterocycles. The fourth-order valence-electron chi connectivity index (χ4n) is 7.73. The Hall–Kier alpha value is -7.04. The van der Waals surface area contributed by atoms with Crippen molar-refractivity contribution in [2.75, 3.05) is 0 Å². The van der Waals surface area contributed by atoms with E-state index in [9.17, 15) is 10.5 Å². The van der Waals surface area contributed by atoms with Crippen LogP contribution >= 0.6 is 11.3 Å². The molecule has 0 radical (unpaired) electrons. The minimum Gasteiger partial charge on any atom is -0.192 e. The summed E-state index contributed by atoms with van der Waals surface area (Å²) in [5.41, 5.74) is 16.6. The molecule has 55 heavy (non-hydrogen) atoms. The molecule has 8 aromatic carbocycles. The van der Waals surface area contributed by atoms with E-state index >= 15 is 0 Å². The third kappa shape index (κ3) is 6.49. The van der Waals surface area contributed by atoms with Crippen LogP contribution in [0.25, 0.3) is 86.9 Å². The molecule has 0 N–H and O–H groups in total. The number of aryl methyl sites for hydroxylation is 2. The lowest BCUT2D eigenvalue weighted by Gasteiger charge is -2.13. The Morgan fingerprint density at radius 3 is 1.38 bits per heavy atom. The molecule has 0 aliphatic heterocycles. The average molecular weight is 719 g/mol. The molecular weight excluding hydrogens is 685 g/mol. The maximum atomic E-state index is 10.1. The molecule has 0 amide bonds. The van der Waals surface area contributed by atoms with E-state index in [1.165, 1.54) is 42.4 Å². The van der Waals surface area contributed by atoms with Gasteiger partial charge in [-0.1, -0.05) is 109 Å². The molecule has 9 aromatic rings. The molecule has 0 atom stereocenters. The molecule has 3 heteroatoms. The van der Waals surface area contributed by atoms with Crippen molar-refractivity contribution in [2.45, 2.75) is 13.8 Å². The zero-order valence-corrected chi connectivity index (χ0v) is 31.3. The standard InChI is InChI=1S/C52H34N2S/c1-33-9-3-4-14-47(33)48-19-17-41(21-34(48)2)45-24-35(31-53)22-43(28-45)39-12-7-10-37(26-39)38-11-8-13-40(27-38)44-23-36(32-54)25-46(29-44)42-18-20-50-49-15-5-6-16-51(49)55-52(50)30-42/h3-30H,1-2H3. The molecule has 0 aliphatic carbocycles. The van der Waals surface area contributed by atoms with E-state index in [2.05, 4.69) is 172 Å². The van der Waals surface area contributed by atoms with Gasteiger partial charge in [0.2, 0.25) is 0 Å². The maximum absolute atomic E-state index is 10.1. The molecule has 0 spiro atoms. The zero-order valence-electron chi connectivity index (χ0n) is 30.5. The average Bonchev–Trinajstić information content (AvgIpc) is 3.62. The van der Waals surface area contributed by atoms with Crippen molar-refractivity contribution < 1.29 is 0 Å². The van der Waals surface area contributed by atoms with Crippen molar-refractivity contribution in [1.82, 2.24) is 0 Å². The lowest BCUT2D eigenvalue weighted by molar-refractivity contribution is 1.40. The molecule has 0 unspecified atom stereocenters. The first-order chi connectivity index (χ1) is 26.9. The quantitative estimate of drug-likeness (QED) is 0.172. The fraction of sp³-hybridized carbons (Fsp3) is 0.0385. The monoisotopic (exact) mass is 718 g/mol. The molecule has 0 fully saturated rings. The highest BCUT2D eigenvalue weighted by atomic mass is 32.1. The second-order valence-electron chi connectivity index (χ2n) is 14.1. The Bertz CT molecular complexity index is 3040. The highest BCUT2D eigenvalue weighted by Crippen LogP contribution is 2.39. The molecular formula is C52H34N2S. The first-order valence-electron chi connectivity index (χ1n) is 18.3. The van der Waals surface area contributed by atoms with Crippen LogP contribution in [0.5, 0.6) is 0 Å². The van der Waals surface area contributed by atoms with E-state index in [0.717, 1.165) is 55.6 Å². The van der Waals surface area contributed by atoms with Crippen molar-refractivity contribution in [3.63, 3.8) is 0 Å².